The van der Waals surface area contributed by atoms with Crippen molar-refractivity contribution in [2.75, 3.05) is 6.61 Å². The van der Waals surface area contributed by atoms with E-state index in [0.29, 0.717) is 18.4 Å². The molecule has 136 valence electrons. The summed E-state index contributed by atoms with van der Waals surface area (Å²) in [7, 11) is 0. The first-order valence-electron chi connectivity index (χ1n) is 10.4. The van der Waals surface area contributed by atoms with Crippen molar-refractivity contribution in [3.05, 3.63) is 35.9 Å². The molecular weight excluding hydrogens is 399 g/mol. The molecule has 0 aliphatic heterocycles. The Bertz CT molecular complexity index is 437. The van der Waals surface area contributed by atoms with Crippen LogP contribution in [0.1, 0.15) is 70.8 Å². The third-order valence-corrected chi connectivity index (χ3v) is 24.2. The Balaban J connectivity index is 2.25. The van der Waals surface area contributed by atoms with E-state index in [1.807, 2.05) is 0 Å². The number of aliphatic hydroxyl groups excluding tert-OH is 1. The Morgan fingerprint density at radius 2 is 1.33 bits per heavy atom. The number of aliphatic hydroxyl groups is 1. The van der Waals surface area contributed by atoms with Gasteiger partial charge in [0.2, 0.25) is 0 Å². The molecule has 0 radical (unpaired) electrons. The molecule has 1 fully saturated rings. The zero-order valence-electron chi connectivity index (χ0n) is 16.1. The molecule has 0 heterocycles. The molecule has 0 bridgehead atoms. The van der Waals surface area contributed by atoms with Crippen molar-refractivity contribution in [1.82, 2.24) is 0 Å². The van der Waals surface area contributed by atoms with Gasteiger partial charge in [0.15, 0.2) is 0 Å². The van der Waals surface area contributed by atoms with Gasteiger partial charge < -0.3 is 0 Å². The molecule has 1 aliphatic rings. The molecule has 1 aromatic rings. The van der Waals surface area contributed by atoms with E-state index in [1.165, 1.54) is 44.1 Å². The van der Waals surface area contributed by atoms with E-state index in [0.717, 1.165) is 3.93 Å². The van der Waals surface area contributed by atoms with Crippen LogP contribution in [0.4, 0.5) is 0 Å². The molecule has 1 saturated carbocycles. The summed E-state index contributed by atoms with van der Waals surface area (Å²) in [4.78, 5) is 0. The summed E-state index contributed by atoms with van der Waals surface area (Å²) in [5.74, 6) is 1.26. The summed E-state index contributed by atoms with van der Waals surface area (Å²) < 4.78 is 5.59. The first-order valence-corrected chi connectivity index (χ1v) is 18.1. The van der Waals surface area contributed by atoms with Gasteiger partial charge in [-0.15, -0.1) is 0 Å². The Hall–Kier alpha value is -0.0213. The third kappa shape index (κ3) is 4.78. The molecule has 0 unspecified atom stereocenters. The van der Waals surface area contributed by atoms with Crippen molar-refractivity contribution >= 4 is 18.4 Å². The van der Waals surface area contributed by atoms with Crippen molar-refractivity contribution < 1.29 is 5.11 Å². The van der Waals surface area contributed by atoms with Gasteiger partial charge in [-0.2, -0.15) is 0 Å². The van der Waals surface area contributed by atoms with Crippen LogP contribution in [0.5, 0.6) is 0 Å². The van der Waals surface area contributed by atoms with E-state index in [4.69, 9.17) is 0 Å². The Morgan fingerprint density at radius 3 is 1.75 bits per heavy atom. The van der Waals surface area contributed by atoms with Gasteiger partial charge in [0.25, 0.3) is 0 Å². The maximum absolute atomic E-state index is 10.1. The van der Waals surface area contributed by atoms with Gasteiger partial charge in [-0.1, -0.05) is 0 Å². The second-order valence-electron chi connectivity index (χ2n) is 7.98. The molecule has 0 amide bonds. The zero-order chi connectivity index (χ0) is 17.4. The summed E-state index contributed by atoms with van der Waals surface area (Å²) in [6.45, 7) is 7.46. The predicted molar refractivity (Wildman–Crippen MR) is 108 cm³/mol. The van der Waals surface area contributed by atoms with Gasteiger partial charge in [-0.3, -0.25) is 0 Å². The molecule has 0 saturated heterocycles. The fourth-order valence-electron chi connectivity index (χ4n) is 5.03. The van der Waals surface area contributed by atoms with Gasteiger partial charge >= 0.3 is 154 Å². The summed E-state index contributed by atoms with van der Waals surface area (Å²) >= 11 is -2.22. The molecular formula is C22H38OSn. The summed E-state index contributed by atoms with van der Waals surface area (Å²) in [5.41, 5.74) is 1.51. The molecule has 2 heteroatoms. The number of hydrogen-bond donors (Lipinski definition) is 1. The molecule has 0 spiro atoms. The first kappa shape index (κ1) is 20.3. The van der Waals surface area contributed by atoms with Crippen molar-refractivity contribution in [2.45, 2.75) is 82.5 Å². The van der Waals surface area contributed by atoms with Crippen molar-refractivity contribution in [3.8, 4) is 0 Å². The fraction of sp³-hybridized carbons (Fsp3) is 0.727. The van der Waals surface area contributed by atoms with Crippen LogP contribution in [-0.4, -0.2) is 30.1 Å². The molecule has 1 aromatic carbocycles. The number of benzene rings is 1. The third-order valence-electron chi connectivity index (χ3n) is 6.36. The van der Waals surface area contributed by atoms with E-state index < -0.39 is 18.4 Å². The zero-order valence-corrected chi connectivity index (χ0v) is 19.0. The van der Waals surface area contributed by atoms with E-state index in [-0.39, 0.29) is 0 Å². The average Bonchev–Trinajstić information content (AvgIpc) is 3.37. The number of hydrogen-bond acceptors (Lipinski definition) is 1. The van der Waals surface area contributed by atoms with Gasteiger partial charge in [-0.25, -0.2) is 0 Å². The van der Waals surface area contributed by atoms with Crippen molar-refractivity contribution in [3.63, 3.8) is 0 Å². The Labute approximate surface area is 154 Å². The molecule has 24 heavy (non-hydrogen) atoms. The summed E-state index contributed by atoms with van der Waals surface area (Å²) in [6.07, 6.45) is 8.30. The Morgan fingerprint density at radius 1 is 0.833 bits per heavy atom. The SMILES string of the molecule is CCC[CH2][Sn]([CH2]CCC)([CH2]CCC)[C@H]1[C@@H](CO)[C@@H]1c1ccccc1. The minimum atomic E-state index is -2.22. The van der Waals surface area contributed by atoms with Crippen LogP contribution < -0.4 is 0 Å². The molecule has 1 nitrogen and oxygen atoms in total. The predicted octanol–water partition coefficient (Wildman–Crippen LogP) is 6.61. The van der Waals surface area contributed by atoms with Gasteiger partial charge in [-0.05, 0) is 0 Å². The van der Waals surface area contributed by atoms with E-state index >= 15 is 0 Å². The van der Waals surface area contributed by atoms with Gasteiger partial charge in [0, 0.05) is 0 Å². The molecule has 3 atom stereocenters. The van der Waals surface area contributed by atoms with E-state index in [2.05, 4.69) is 51.1 Å². The van der Waals surface area contributed by atoms with Crippen LogP contribution >= 0.6 is 0 Å². The van der Waals surface area contributed by atoms with Gasteiger partial charge in [0.05, 0.1) is 0 Å². The Kier molecular flexibility index (Phi) is 8.63. The van der Waals surface area contributed by atoms with Crippen LogP contribution in [0.25, 0.3) is 0 Å². The van der Waals surface area contributed by atoms with Crippen LogP contribution in [0.2, 0.25) is 17.2 Å². The maximum atomic E-state index is 10.1. The van der Waals surface area contributed by atoms with Crippen LogP contribution in [0, 0.1) is 5.92 Å². The molecule has 0 aromatic heterocycles. The number of rotatable bonds is 12. The first-order chi connectivity index (χ1) is 11.7. The normalized spacial score (nSPS) is 23.4. The fourth-order valence-corrected chi connectivity index (χ4v) is 25.7. The summed E-state index contributed by atoms with van der Waals surface area (Å²) in [5, 5.41) is 10.1. The average molecular weight is 437 g/mol. The van der Waals surface area contributed by atoms with Crippen LogP contribution in [0.15, 0.2) is 30.3 Å². The van der Waals surface area contributed by atoms with E-state index in [9.17, 15) is 5.11 Å². The second kappa shape index (κ2) is 10.2. The van der Waals surface area contributed by atoms with Gasteiger partial charge in [0.1, 0.15) is 0 Å². The van der Waals surface area contributed by atoms with Crippen LogP contribution in [0.3, 0.4) is 0 Å². The quantitative estimate of drug-likeness (QED) is 0.365. The second-order valence-corrected chi connectivity index (χ2v) is 21.9. The molecule has 1 N–H and O–H groups in total. The monoisotopic (exact) mass is 438 g/mol. The van der Waals surface area contributed by atoms with E-state index in [1.54, 1.807) is 13.3 Å². The summed E-state index contributed by atoms with van der Waals surface area (Å²) in [6, 6.07) is 11.1. The van der Waals surface area contributed by atoms with Crippen molar-refractivity contribution in [1.29, 1.82) is 0 Å². The minimum absolute atomic E-state index is 0.410. The number of unbranched alkanes of at least 4 members (excludes halogenated alkanes) is 3. The van der Waals surface area contributed by atoms with Crippen LogP contribution in [-0.2, 0) is 0 Å². The molecule has 1 aliphatic carbocycles. The topological polar surface area (TPSA) is 20.2 Å². The van der Waals surface area contributed by atoms with Crippen molar-refractivity contribution in [2.24, 2.45) is 5.92 Å². The molecule has 2 rings (SSSR count). The standard InChI is InChI=1S/C10H11O.3C4H9.Sn/c11-7-9-6-10(9)8-4-2-1-3-5-8;3*1-3-4-2;/h1-6,9-11H,7H2;3*1,3-4H2,2H3;/t9-,10-;;;;/m0..../s1.